The van der Waals surface area contributed by atoms with Crippen LogP contribution in [-0.2, 0) is 9.59 Å². The zero-order valence-corrected chi connectivity index (χ0v) is 13.1. The highest BCUT2D eigenvalue weighted by Gasteiger charge is 2.29. The summed E-state index contributed by atoms with van der Waals surface area (Å²) >= 11 is 0. The van der Waals surface area contributed by atoms with Gasteiger partial charge in [0.05, 0.1) is 6.61 Å². The van der Waals surface area contributed by atoms with Crippen molar-refractivity contribution in [2.75, 3.05) is 13.2 Å². The van der Waals surface area contributed by atoms with Crippen molar-refractivity contribution in [3.05, 3.63) is 29.8 Å². The molecule has 7 nitrogen and oxygen atoms in total. The van der Waals surface area contributed by atoms with E-state index in [4.69, 9.17) is 4.74 Å². The minimum atomic E-state index is -0.613. The van der Waals surface area contributed by atoms with E-state index in [2.05, 4.69) is 16.0 Å². The van der Waals surface area contributed by atoms with Gasteiger partial charge in [-0.05, 0) is 37.5 Å². The number of ether oxygens (including phenoxy) is 1. The Morgan fingerprint density at radius 1 is 1.35 bits per heavy atom. The number of benzene rings is 1. The zero-order chi connectivity index (χ0) is 16.7. The Labute approximate surface area is 134 Å². The van der Waals surface area contributed by atoms with Gasteiger partial charge in [0.1, 0.15) is 11.8 Å². The third-order valence-corrected chi connectivity index (χ3v) is 3.42. The average Bonchev–Trinajstić information content (AvgIpc) is 2.83. The van der Waals surface area contributed by atoms with Crippen LogP contribution in [0.3, 0.4) is 0 Å². The molecule has 0 aromatic heterocycles. The first-order chi connectivity index (χ1) is 11.0. The summed E-state index contributed by atoms with van der Waals surface area (Å²) in [5.74, 6) is 0.295. The third kappa shape index (κ3) is 5.61. The van der Waals surface area contributed by atoms with Crippen molar-refractivity contribution in [1.29, 1.82) is 0 Å². The van der Waals surface area contributed by atoms with E-state index in [1.165, 1.54) is 0 Å². The van der Waals surface area contributed by atoms with Gasteiger partial charge in [0.25, 0.3) is 5.91 Å². The first kappa shape index (κ1) is 16.8. The molecule has 1 aliphatic heterocycles. The molecule has 1 saturated heterocycles. The van der Waals surface area contributed by atoms with Crippen LogP contribution in [0, 0.1) is 6.92 Å². The Morgan fingerprint density at radius 3 is 2.87 bits per heavy atom. The summed E-state index contributed by atoms with van der Waals surface area (Å²) in [5, 5.41) is 7.36. The molecule has 1 atom stereocenters. The van der Waals surface area contributed by atoms with Gasteiger partial charge in [0.15, 0.2) is 0 Å². The van der Waals surface area contributed by atoms with Crippen LogP contribution in [0.25, 0.3) is 0 Å². The lowest BCUT2D eigenvalue weighted by molar-refractivity contribution is -0.122. The van der Waals surface area contributed by atoms with E-state index in [-0.39, 0.29) is 18.2 Å². The molecule has 0 bridgehead atoms. The molecule has 124 valence electrons. The van der Waals surface area contributed by atoms with Gasteiger partial charge in [0, 0.05) is 13.0 Å². The predicted molar refractivity (Wildman–Crippen MR) is 84.0 cm³/mol. The molecule has 1 heterocycles. The highest BCUT2D eigenvalue weighted by atomic mass is 16.5. The first-order valence-electron chi connectivity index (χ1n) is 7.62. The molecule has 0 radical (unpaired) electrons. The maximum absolute atomic E-state index is 11.7. The summed E-state index contributed by atoms with van der Waals surface area (Å²) in [4.78, 5) is 33.9. The molecule has 23 heavy (non-hydrogen) atoms. The number of hydrogen-bond acceptors (Lipinski definition) is 4. The number of urea groups is 1. The Balaban J connectivity index is 1.55. The number of aryl methyl sites for hydroxylation is 1. The maximum atomic E-state index is 11.7. The highest BCUT2D eigenvalue weighted by Crippen LogP contribution is 2.12. The largest absolute Gasteiger partial charge is 0.494 e. The highest BCUT2D eigenvalue weighted by molar-refractivity contribution is 6.04. The number of carbonyl (C=O) groups is 3. The Kier molecular flexibility index (Phi) is 5.96. The van der Waals surface area contributed by atoms with E-state index in [1.54, 1.807) is 0 Å². The molecule has 0 aliphatic carbocycles. The Morgan fingerprint density at radius 2 is 2.17 bits per heavy atom. The Hall–Kier alpha value is -2.57. The molecule has 0 unspecified atom stereocenters. The van der Waals surface area contributed by atoms with Gasteiger partial charge in [-0.25, -0.2) is 4.79 Å². The molecule has 1 fully saturated rings. The second kappa shape index (κ2) is 8.17. The van der Waals surface area contributed by atoms with Crippen molar-refractivity contribution in [2.24, 2.45) is 0 Å². The van der Waals surface area contributed by atoms with E-state index in [0.717, 1.165) is 11.3 Å². The fourth-order valence-corrected chi connectivity index (χ4v) is 2.22. The SMILES string of the molecule is Cc1cccc(OCCCNC(=O)CC[C@@H]2NC(=O)NC2=O)c1. The lowest BCUT2D eigenvalue weighted by atomic mass is 10.1. The predicted octanol–water partition coefficient (Wildman–Crippen LogP) is 0.868. The van der Waals surface area contributed by atoms with E-state index >= 15 is 0 Å². The van der Waals surface area contributed by atoms with Crippen molar-refractivity contribution < 1.29 is 19.1 Å². The van der Waals surface area contributed by atoms with Crippen molar-refractivity contribution >= 4 is 17.8 Å². The molecular weight excluding hydrogens is 298 g/mol. The monoisotopic (exact) mass is 319 g/mol. The number of hydrogen-bond donors (Lipinski definition) is 3. The molecule has 3 N–H and O–H groups in total. The van der Waals surface area contributed by atoms with E-state index in [9.17, 15) is 14.4 Å². The van der Waals surface area contributed by atoms with E-state index in [1.807, 2.05) is 31.2 Å². The van der Waals surface area contributed by atoms with Gasteiger partial charge < -0.3 is 15.4 Å². The van der Waals surface area contributed by atoms with Crippen LogP contribution >= 0.6 is 0 Å². The lowest BCUT2D eigenvalue weighted by Gasteiger charge is -2.09. The second-order valence-corrected chi connectivity index (χ2v) is 5.42. The van der Waals surface area contributed by atoms with E-state index < -0.39 is 12.1 Å². The van der Waals surface area contributed by atoms with Gasteiger partial charge >= 0.3 is 6.03 Å². The summed E-state index contributed by atoms with van der Waals surface area (Å²) in [6.07, 6.45) is 1.18. The van der Waals surface area contributed by atoms with Crippen LogP contribution in [0.15, 0.2) is 24.3 Å². The molecular formula is C16H21N3O4. The van der Waals surface area contributed by atoms with Gasteiger partial charge in [0.2, 0.25) is 5.91 Å². The normalized spacial score (nSPS) is 16.7. The summed E-state index contributed by atoms with van der Waals surface area (Å²) in [6.45, 7) is 3.03. The van der Waals surface area contributed by atoms with Gasteiger partial charge in [-0.1, -0.05) is 12.1 Å². The molecule has 1 aliphatic rings. The molecule has 1 aromatic rings. The van der Waals surface area contributed by atoms with Crippen LogP contribution in [0.5, 0.6) is 5.75 Å². The molecule has 1 aromatic carbocycles. The maximum Gasteiger partial charge on any atom is 0.322 e. The summed E-state index contributed by atoms with van der Waals surface area (Å²) in [5.41, 5.74) is 1.14. The average molecular weight is 319 g/mol. The van der Waals surface area contributed by atoms with Crippen LogP contribution in [0.4, 0.5) is 4.79 Å². The standard InChI is InChI=1S/C16H21N3O4/c1-11-4-2-5-12(10-11)23-9-3-8-17-14(20)7-6-13-15(21)19-16(22)18-13/h2,4-5,10,13H,3,6-9H2,1H3,(H,17,20)(H2,18,19,21,22)/t13-/m0/s1. The quantitative estimate of drug-likeness (QED) is 0.489. The lowest BCUT2D eigenvalue weighted by Crippen LogP contribution is -2.32. The number of nitrogens with one attached hydrogen (secondary N) is 3. The molecule has 2 rings (SSSR count). The van der Waals surface area contributed by atoms with Crippen LogP contribution in [0.1, 0.15) is 24.8 Å². The number of rotatable bonds is 8. The fourth-order valence-electron chi connectivity index (χ4n) is 2.22. The molecule has 0 saturated carbocycles. The third-order valence-electron chi connectivity index (χ3n) is 3.42. The van der Waals surface area contributed by atoms with Gasteiger partial charge in [-0.2, -0.15) is 0 Å². The summed E-state index contributed by atoms with van der Waals surface area (Å²) in [6, 6.07) is 6.67. The number of amides is 4. The van der Waals surface area contributed by atoms with Crippen molar-refractivity contribution in [3.63, 3.8) is 0 Å². The summed E-state index contributed by atoms with van der Waals surface area (Å²) < 4.78 is 5.58. The second-order valence-electron chi connectivity index (χ2n) is 5.42. The van der Waals surface area contributed by atoms with Gasteiger partial charge in [-0.15, -0.1) is 0 Å². The van der Waals surface area contributed by atoms with Crippen molar-refractivity contribution in [2.45, 2.75) is 32.2 Å². The van der Waals surface area contributed by atoms with Crippen LogP contribution < -0.4 is 20.7 Å². The summed E-state index contributed by atoms with van der Waals surface area (Å²) in [7, 11) is 0. The zero-order valence-electron chi connectivity index (χ0n) is 13.1. The van der Waals surface area contributed by atoms with Crippen LogP contribution in [0.2, 0.25) is 0 Å². The Bertz CT molecular complexity index is 588. The minimum absolute atomic E-state index is 0.144. The number of imide groups is 1. The van der Waals surface area contributed by atoms with Crippen molar-refractivity contribution in [3.8, 4) is 5.75 Å². The van der Waals surface area contributed by atoms with Crippen LogP contribution in [-0.4, -0.2) is 37.0 Å². The fraction of sp³-hybridized carbons (Fsp3) is 0.438. The van der Waals surface area contributed by atoms with Gasteiger partial charge in [-0.3, -0.25) is 14.9 Å². The first-order valence-corrected chi connectivity index (χ1v) is 7.62. The number of carbonyl (C=O) groups excluding carboxylic acids is 3. The van der Waals surface area contributed by atoms with E-state index in [0.29, 0.717) is 26.0 Å². The van der Waals surface area contributed by atoms with Crippen molar-refractivity contribution in [1.82, 2.24) is 16.0 Å². The molecule has 7 heteroatoms. The topological polar surface area (TPSA) is 96.5 Å². The molecule has 0 spiro atoms. The minimum Gasteiger partial charge on any atom is -0.494 e. The molecule has 4 amide bonds. The smallest absolute Gasteiger partial charge is 0.322 e.